The molecule has 0 aromatic heterocycles. The van der Waals surface area contributed by atoms with Gasteiger partial charge in [-0.1, -0.05) is 0 Å². The first-order valence-corrected chi connectivity index (χ1v) is 3.94. The lowest BCUT2D eigenvalue weighted by Crippen LogP contribution is -2.20. The van der Waals surface area contributed by atoms with Gasteiger partial charge in [-0.05, 0) is 33.8 Å². The van der Waals surface area contributed by atoms with Gasteiger partial charge in [-0.15, -0.1) is 0 Å². The summed E-state index contributed by atoms with van der Waals surface area (Å²) < 4.78 is 0. The Morgan fingerprint density at radius 1 is 1.36 bits per heavy atom. The quantitative estimate of drug-likeness (QED) is 0.618. The van der Waals surface area contributed by atoms with E-state index < -0.39 is 0 Å². The normalized spacial score (nSPS) is 14.0. The van der Waals surface area contributed by atoms with Crippen LogP contribution in [-0.4, -0.2) is 18.8 Å². The molecule has 0 aliphatic rings. The van der Waals surface area contributed by atoms with E-state index in [0.717, 1.165) is 5.71 Å². The molecular formula is C9H18N2. The minimum atomic E-state index is 0.496. The Bertz CT molecular complexity index is 166. The molecule has 0 aromatic carbocycles. The highest BCUT2D eigenvalue weighted by molar-refractivity contribution is 5.93. The van der Waals surface area contributed by atoms with Crippen molar-refractivity contribution in [1.82, 2.24) is 5.32 Å². The zero-order valence-electron chi connectivity index (χ0n) is 8.10. The third-order valence-corrected chi connectivity index (χ3v) is 1.29. The SMILES string of the molecule is CN=C(C)/C=C(/C)NC(C)C. The van der Waals surface area contributed by atoms with Gasteiger partial charge in [-0.3, -0.25) is 4.99 Å². The number of nitrogens with zero attached hydrogens (tertiary/aromatic N) is 1. The Labute approximate surface area is 69.4 Å². The summed E-state index contributed by atoms with van der Waals surface area (Å²) in [5.41, 5.74) is 2.22. The molecule has 11 heavy (non-hydrogen) atoms. The molecule has 0 fully saturated rings. The number of aliphatic imine (C=N–C) groups is 1. The average molecular weight is 154 g/mol. The second kappa shape index (κ2) is 4.94. The van der Waals surface area contributed by atoms with Gasteiger partial charge in [0, 0.05) is 24.5 Å². The van der Waals surface area contributed by atoms with Crippen LogP contribution in [0.1, 0.15) is 27.7 Å². The van der Waals surface area contributed by atoms with E-state index in [1.54, 1.807) is 7.05 Å². The van der Waals surface area contributed by atoms with Crippen molar-refractivity contribution in [2.24, 2.45) is 4.99 Å². The molecule has 0 spiro atoms. The molecule has 0 aliphatic carbocycles. The van der Waals surface area contributed by atoms with Gasteiger partial charge in [0.1, 0.15) is 0 Å². The molecule has 64 valence electrons. The highest BCUT2D eigenvalue weighted by atomic mass is 14.9. The molecule has 0 aromatic rings. The van der Waals surface area contributed by atoms with Crippen LogP contribution in [0.2, 0.25) is 0 Å². The molecule has 0 aliphatic heterocycles. The molecule has 0 rings (SSSR count). The number of hydrogen-bond acceptors (Lipinski definition) is 2. The van der Waals surface area contributed by atoms with Gasteiger partial charge in [-0.25, -0.2) is 0 Å². The second-order valence-corrected chi connectivity index (χ2v) is 2.99. The van der Waals surface area contributed by atoms with Gasteiger partial charge in [0.05, 0.1) is 0 Å². The molecule has 0 radical (unpaired) electrons. The number of rotatable bonds is 3. The molecule has 0 atom stereocenters. The predicted octanol–water partition coefficient (Wildman–Crippen LogP) is 1.98. The van der Waals surface area contributed by atoms with Crippen LogP contribution in [-0.2, 0) is 0 Å². The maximum atomic E-state index is 4.04. The summed E-state index contributed by atoms with van der Waals surface area (Å²) in [5, 5.41) is 3.29. The van der Waals surface area contributed by atoms with Gasteiger partial charge in [-0.2, -0.15) is 0 Å². The first-order valence-electron chi connectivity index (χ1n) is 3.94. The van der Waals surface area contributed by atoms with Crippen molar-refractivity contribution in [3.8, 4) is 0 Å². The molecule has 0 heterocycles. The second-order valence-electron chi connectivity index (χ2n) is 2.99. The lowest BCUT2D eigenvalue weighted by molar-refractivity contribution is 0.670. The molecular weight excluding hydrogens is 136 g/mol. The lowest BCUT2D eigenvalue weighted by atomic mass is 10.3. The van der Waals surface area contributed by atoms with Crippen molar-refractivity contribution < 1.29 is 0 Å². The lowest BCUT2D eigenvalue weighted by Gasteiger charge is -2.09. The maximum absolute atomic E-state index is 4.04. The third kappa shape index (κ3) is 5.64. The summed E-state index contributed by atoms with van der Waals surface area (Å²) in [7, 11) is 1.80. The summed E-state index contributed by atoms with van der Waals surface area (Å²) in [6, 6.07) is 0.496. The Morgan fingerprint density at radius 2 is 1.91 bits per heavy atom. The fourth-order valence-corrected chi connectivity index (χ4v) is 0.875. The smallest absolute Gasteiger partial charge is 0.0330 e. The first kappa shape index (κ1) is 10.2. The highest BCUT2D eigenvalue weighted by Crippen LogP contribution is 1.91. The summed E-state index contributed by atoms with van der Waals surface area (Å²) in [6.07, 6.45) is 2.04. The molecule has 0 amide bonds. The zero-order chi connectivity index (χ0) is 8.85. The summed E-state index contributed by atoms with van der Waals surface area (Å²) in [6.45, 7) is 8.28. The fourth-order valence-electron chi connectivity index (χ4n) is 0.875. The van der Waals surface area contributed by atoms with Crippen LogP contribution in [0.3, 0.4) is 0 Å². The van der Waals surface area contributed by atoms with E-state index in [1.807, 2.05) is 13.0 Å². The van der Waals surface area contributed by atoms with Gasteiger partial charge >= 0.3 is 0 Å². The van der Waals surface area contributed by atoms with Crippen LogP contribution in [0, 0.1) is 0 Å². The monoisotopic (exact) mass is 154 g/mol. The van der Waals surface area contributed by atoms with Gasteiger partial charge in [0.25, 0.3) is 0 Å². The van der Waals surface area contributed by atoms with Crippen molar-refractivity contribution in [3.05, 3.63) is 11.8 Å². The Kier molecular flexibility index (Phi) is 4.59. The molecule has 0 saturated heterocycles. The third-order valence-electron chi connectivity index (χ3n) is 1.29. The van der Waals surface area contributed by atoms with E-state index >= 15 is 0 Å². The van der Waals surface area contributed by atoms with Crippen molar-refractivity contribution in [2.45, 2.75) is 33.7 Å². The molecule has 0 unspecified atom stereocenters. The van der Waals surface area contributed by atoms with Crippen LogP contribution < -0.4 is 5.32 Å². The summed E-state index contributed by atoms with van der Waals surface area (Å²) in [5.74, 6) is 0. The van der Waals surface area contributed by atoms with Crippen LogP contribution in [0.25, 0.3) is 0 Å². The van der Waals surface area contributed by atoms with Crippen LogP contribution in [0.5, 0.6) is 0 Å². The van der Waals surface area contributed by atoms with Crippen molar-refractivity contribution in [3.63, 3.8) is 0 Å². The summed E-state index contributed by atoms with van der Waals surface area (Å²) in [4.78, 5) is 4.04. The van der Waals surface area contributed by atoms with E-state index in [0.29, 0.717) is 6.04 Å². The van der Waals surface area contributed by atoms with Gasteiger partial charge < -0.3 is 5.32 Å². The standard InChI is InChI=1S/C9H18N2/c1-7(2)11-9(4)6-8(3)10-5/h6-7,11H,1-5H3/b9-6-,10-8?. The highest BCUT2D eigenvalue weighted by Gasteiger charge is 1.92. The number of nitrogens with one attached hydrogen (secondary N) is 1. The molecule has 2 nitrogen and oxygen atoms in total. The molecule has 0 saturated carbocycles. The van der Waals surface area contributed by atoms with E-state index in [2.05, 4.69) is 31.1 Å². The van der Waals surface area contributed by atoms with Crippen LogP contribution in [0.15, 0.2) is 16.8 Å². The van der Waals surface area contributed by atoms with Gasteiger partial charge in [0.15, 0.2) is 0 Å². The molecule has 0 bridgehead atoms. The Morgan fingerprint density at radius 3 is 2.27 bits per heavy atom. The van der Waals surface area contributed by atoms with E-state index in [9.17, 15) is 0 Å². The van der Waals surface area contributed by atoms with E-state index in [4.69, 9.17) is 0 Å². The predicted molar refractivity (Wildman–Crippen MR) is 51.1 cm³/mol. The minimum absolute atomic E-state index is 0.496. The van der Waals surface area contributed by atoms with Gasteiger partial charge in [0.2, 0.25) is 0 Å². The first-order chi connectivity index (χ1) is 5.06. The van der Waals surface area contributed by atoms with Crippen molar-refractivity contribution in [1.29, 1.82) is 0 Å². The largest absolute Gasteiger partial charge is 0.386 e. The van der Waals surface area contributed by atoms with Crippen LogP contribution >= 0.6 is 0 Å². The Balaban J connectivity index is 4.01. The zero-order valence-corrected chi connectivity index (χ0v) is 8.10. The number of allylic oxidation sites excluding steroid dienone is 2. The van der Waals surface area contributed by atoms with Crippen molar-refractivity contribution in [2.75, 3.05) is 7.05 Å². The van der Waals surface area contributed by atoms with Crippen molar-refractivity contribution >= 4 is 5.71 Å². The van der Waals surface area contributed by atoms with Crippen LogP contribution in [0.4, 0.5) is 0 Å². The Hall–Kier alpha value is -0.790. The fraction of sp³-hybridized carbons (Fsp3) is 0.667. The molecule has 2 heteroatoms. The maximum Gasteiger partial charge on any atom is 0.0330 e. The van der Waals surface area contributed by atoms with E-state index in [1.165, 1.54) is 5.70 Å². The molecule has 1 N–H and O–H groups in total. The topological polar surface area (TPSA) is 24.4 Å². The summed E-state index contributed by atoms with van der Waals surface area (Å²) >= 11 is 0. The minimum Gasteiger partial charge on any atom is -0.386 e. The number of hydrogen-bond donors (Lipinski definition) is 1. The average Bonchev–Trinajstić information content (AvgIpc) is 1.85. The van der Waals surface area contributed by atoms with E-state index in [-0.39, 0.29) is 0 Å².